The monoisotopic (exact) mass is 374 g/mol. The molecular weight excluding hydrogens is 339 g/mol. The quantitative estimate of drug-likeness (QED) is 0.490. The van der Waals surface area contributed by atoms with Gasteiger partial charge in [0.2, 0.25) is 5.91 Å². The van der Waals surface area contributed by atoms with Crippen molar-refractivity contribution in [2.75, 3.05) is 26.7 Å². The number of carbonyl (C=O) groups excluding carboxylic acids is 1. The Hall–Kier alpha value is 0.160. The van der Waals surface area contributed by atoms with E-state index in [0.717, 1.165) is 26.1 Å². The first kappa shape index (κ1) is 23.3. The first-order valence-corrected chi connectivity index (χ1v) is 7.11. The molecule has 0 aromatic rings. The third kappa shape index (κ3) is 18.5. The van der Waals surface area contributed by atoms with Gasteiger partial charge in [0, 0.05) is 21.9 Å². The van der Waals surface area contributed by atoms with Gasteiger partial charge < -0.3 is 10.2 Å². The number of nitrogens with one attached hydrogen (secondary N) is 1. The predicted molar refractivity (Wildman–Crippen MR) is 93.8 cm³/mol. The zero-order valence-electron chi connectivity index (χ0n) is 12.9. The molecule has 3 nitrogen and oxygen atoms in total. The van der Waals surface area contributed by atoms with Crippen LogP contribution in [0.4, 0.5) is 0 Å². The summed E-state index contributed by atoms with van der Waals surface area (Å²) in [6.45, 7) is 11.0. The topological polar surface area (TPSA) is 32.3 Å². The summed E-state index contributed by atoms with van der Waals surface area (Å²) in [7, 11) is 1.86. The molecule has 0 saturated carbocycles. The molecule has 0 aliphatic rings. The summed E-state index contributed by atoms with van der Waals surface area (Å²) in [5.41, 5.74) is 0. The van der Waals surface area contributed by atoms with Crippen molar-refractivity contribution in [3.63, 3.8) is 0 Å². The maximum atomic E-state index is 10.9. The van der Waals surface area contributed by atoms with Crippen LogP contribution in [0.2, 0.25) is 0 Å². The molecule has 1 N–H and O–H groups in total. The molecule has 0 aromatic heterocycles. The van der Waals surface area contributed by atoms with E-state index >= 15 is 0 Å². The molecule has 4 heteroatoms. The van der Waals surface area contributed by atoms with Gasteiger partial charge >= 0.3 is 0 Å². The molecule has 0 aliphatic carbocycles. The van der Waals surface area contributed by atoms with Gasteiger partial charge in [0.1, 0.15) is 0 Å². The van der Waals surface area contributed by atoms with E-state index in [9.17, 15) is 4.79 Å². The number of unbranched alkanes of at least 4 members (excludes halogenated alkanes) is 3. The second kappa shape index (κ2) is 19.5. The van der Waals surface area contributed by atoms with Crippen LogP contribution in [0.15, 0.2) is 0 Å². The number of rotatable bonds is 9. The molecule has 0 unspecified atom stereocenters. The van der Waals surface area contributed by atoms with Gasteiger partial charge in [0.15, 0.2) is 0 Å². The SMILES string of the molecule is CC.CCCCNCCCCCN(C)C(C)=O.I.[HH]. The van der Waals surface area contributed by atoms with E-state index in [-0.39, 0.29) is 31.3 Å². The third-order valence-electron chi connectivity index (χ3n) is 2.59. The van der Waals surface area contributed by atoms with Crippen LogP contribution in [0.25, 0.3) is 0 Å². The average Bonchev–Trinajstić information content (AvgIpc) is 2.34. The summed E-state index contributed by atoms with van der Waals surface area (Å²) in [6.07, 6.45) is 6.07. The highest BCUT2D eigenvalue weighted by Gasteiger charge is 2.00. The van der Waals surface area contributed by atoms with Crippen LogP contribution in [0, 0.1) is 0 Å². The summed E-state index contributed by atoms with van der Waals surface area (Å²) >= 11 is 0. The van der Waals surface area contributed by atoms with Crippen molar-refractivity contribution in [1.29, 1.82) is 0 Å². The average molecular weight is 374 g/mol. The molecular formula is C14H35IN2O. The van der Waals surface area contributed by atoms with Gasteiger partial charge in [-0.05, 0) is 32.4 Å². The molecule has 0 atom stereocenters. The number of halogens is 1. The summed E-state index contributed by atoms with van der Waals surface area (Å²) in [6, 6.07) is 0. The fraction of sp³-hybridized carbons (Fsp3) is 0.929. The van der Waals surface area contributed by atoms with Gasteiger partial charge in [-0.2, -0.15) is 0 Å². The van der Waals surface area contributed by atoms with E-state index in [1.807, 2.05) is 20.9 Å². The zero-order chi connectivity index (χ0) is 13.5. The molecule has 0 bridgehead atoms. The molecule has 1 amide bonds. The molecule has 0 aliphatic heterocycles. The van der Waals surface area contributed by atoms with Crippen molar-refractivity contribution in [2.45, 2.75) is 59.8 Å². The smallest absolute Gasteiger partial charge is 0.219 e. The van der Waals surface area contributed by atoms with E-state index in [1.54, 1.807) is 11.8 Å². The fourth-order valence-electron chi connectivity index (χ4n) is 1.36. The van der Waals surface area contributed by atoms with E-state index in [0.29, 0.717) is 0 Å². The Labute approximate surface area is 133 Å². The first-order valence-electron chi connectivity index (χ1n) is 7.11. The Morgan fingerprint density at radius 1 is 1.11 bits per heavy atom. The van der Waals surface area contributed by atoms with E-state index in [2.05, 4.69) is 12.2 Å². The molecule has 0 fully saturated rings. The zero-order valence-corrected chi connectivity index (χ0v) is 15.3. The van der Waals surface area contributed by atoms with Crippen molar-refractivity contribution in [1.82, 2.24) is 10.2 Å². The molecule has 0 aromatic carbocycles. The summed E-state index contributed by atoms with van der Waals surface area (Å²) in [5.74, 6) is 0.163. The summed E-state index contributed by atoms with van der Waals surface area (Å²) < 4.78 is 0. The van der Waals surface area contributed by atoms with Crippen molar-refractivity contribution in [2.24, 2.45) is 0 Å². The lowest BCUT2D eigenvalue weighted by Gasteiger charge is -2.14. The molecule has 0 radical (unpaired) electrons. The first-order chi connectivity index (χ1) is 8.18. The maximum absolute atomic E-state index is 10.9. The van der Waals surface area contributed by atoms with E-state index in [4.69, 9.17) is 0 Å². The maximum Gasteiger partial charge on any atom is 0.219 e. The van der Waals surface area contributed by atoms with Crippen LogP contribution in [0.1, 0.15) is 61.2 Å². The van der Waals surface area contributed by atoms with Crippen molar-refractivity contribution in [3.05, 3.63) is 0 Å². The van der Waals surface area contributed by atoms with Crippen LogP contribution in [0.3, 0.4) is 0 Å². The highest BCUT2D eigenvalue weighted by molar-refractivity contribution is 14.0. The van der Waals surface area contributed by atoms with Crippen LogP contribution >= 0.6 is 24.0 Å². The Balaban J connectivity index is -0.000000267. The number of hydrogen-bond donors (Lipinski definition) is 1. The molecule has 114 valence electrons. The second-order valence-electron chi connectivity index (χ2n) is 4.10. The normalized spacial score (nSPS) is 8.94. The van der Waals surface area contributed by atoms with Crippen LogP contribution in [-0.4, -0.2) is 37.5 Å². The largest absolute Gasteiger partial charge is 0.346 e. The van der Waals surface area contributed by atoms with Crippen LogP contribution in [-0.2, 0) is 4.79 Å². The fourth-order valence-corrected chi connectivity index (χ4v) is 1.36. The number of carbonyl (C=O) groups is 1. The Bertz CT molecular complexity index is 172. The highest BCUT2D eigenvalue weighted by atomic mass is 127. The minimum atomic E-state index is 0. The minimum absolute atomic E-state index is 0. The summed E-state index contributed by atoms with van der Waals surface area (Å²) in [5, 5.41) is 3.42. The summed E-state index contributed by atoms with van der Waals surface area (Å²) in [4.78, 5) is 12.7. The Morgan fingerprint density at radius 3 is 2.17 bits per heavy atom. The lowest BCUT2D eigenvalue weighted by Crippen LogP contribution is -2.25. The molecule has 18 heavy (non-hydrogen) atoms. The molecule has 0 rings (SSSR count). The number of nitrogens with zero attached hydrogens (tertiary/aromatic N) is 1. The van der Waals surface area contributed by atoms with Gasteiger partial charge in [-0.15, -0.1) is 24.0 Å². The highest BCUT2D eigenvalue weighted by Crippen LogP contribution is 1.97. The number of hydrogen-bond acceptors (Lipinski definition) is 2. The standard InChI is InChI=1S/C12H26N2O.C2H6.HI.H2/c1-4-5-9-13-10-7-6-8-11-14(3)12(2)15;1-2;;/h13H,4-11H2,1-3H3;1-2H3;2*1H. The Morgan fingerprint density at radius 2 is 1.67 bits per heavy atom. The van der Waals surface area contributed by atoms with Gasteiger partial charge in [-0.3, -0.25) is 4.79 Å². The second-order valence-corrected chi connectivity index (χ2v) is 4.10. The number of amides is 1. The van der Waals surface area contributed by atoms with Gasteiger partial charge in [-0.25, -0.2) is 0 Å². The van der Waals surface area contributed by atoms with Gasteiger partial charge in [0.05, 0.1) is 0 Å². The van der Waals surface area contributed by atoms with Crippen LogP contribution in [0.5, 0.6) is 0 Å². The predicted octanol–water partition coefficient (Wildman–Crippen LogP) is 3.91. The van der Waals surface area contributed by atoms with E-state index < -0.39 is 0 Å². The lowest BCUT2D eigenvalue weighted by molar-refractivity contribution is -0.127. The van der Waals surface area contributed by atoms with Crippen LogP contribution < -0.4 is 5.32 Å². The molecule has 0 spiro atoms. The Kier molecular flexibility index (Phi) is 25.2. The van der Waals surface area contributed by atoms with Gasteiger partial charge in [-0.1, -0.05) is 33.6 Å². The van der Waals surface area contributed by atoms with Crippen molar-refractivity contribution >= 4 is 29.9 Å². The third-order valence-corrected chi connectivity index (χ3v) is 2.59. The van der Waals surface area contributed by atoms with Crippen molar-refractivity contribution in [3.8, 4) is 0 Å². The molecule has 0 heterocycles. The lowest BCUT2D eigenvalue weighted by atomic mass is 10.2. The van der Waals surface area contributed by atoms with Crippen molar-refractivity contribution < 1.29 is 6.22 Å². The molecule has 0 saturated heterocycles. The van der Waals surface area contributed by atoms with E-state index in [1.165, 1.54) is 25.7 Å². The minimum Gasteiger partial charge on any atom is -0.346 e. The van der Waals surface area contributed by atoms with Gasteiger partial charge in [0.25, 0.3) is 0 Å².